The molecule has 6 nitrogen and oxygen atoms in total. The van der Waals surface area contributed by atoms with Crippen molar-refractivity contribution in [2.24, 2.45) is 0 Å². The van der Waals surface area contributed by atoms with Gasteiger partial charge in [0.1, 0.15) is 6.61 Å². The lowest BCUT2D eigenvalue weighted by Crippen LogP contribution is -2.25. The number of carbonyl (C=O) groups is 2. The van der Waals surface area contributed by atoms with Crippen LogP contribution >= 0.6 is 11.3 Å². The highest BCUT2D eigenvalue weighted by atomic mass is 32.1. The quantitative estimate of drug-likeness (QED) is 0.361. The van der Waals surface area contributed by atoms with Gasteiger partial charge >= 0.3 is 0 Å². The van der Waals surface area contributed by atoms with Crippen LogP contribution in [0.3, 0.4) is 0 Å². The van der Waals surface area contributed by atoms with E-state index < -0.39 is 0 Å². The van der Waals surface area contributed by atoms with E-state index in [9.17, 15) is 9.59 Å². The number of thiophene rings is 1. The van der Waals surface area contributed by atoms with E-state index in [0.29, 0.717) is 34.1 Å². The molecule has 0 unspecified atom stereocenters. The molecular formula is C26H22N2O4S. The van der Waals surface area contributed by atoms with Crippen molar-refractivity contribution in [3.63, 3.8) is 0 Å². The Labute approximate surface area is 195 Å². The third-order valence-corrected chi connectivity index (χ3v) is 5.85. The molecule has 166 valence electrons. The minimum absolute atomic E-state index is 0.159. The van der Waals surface area contributed by atoms with Crippen molar-refractivity contribution in [3.05, 3.63) is 112 Å². The fourth-order valence-electron chi connectivity index (χ4n) is 3.28. The van der Waals surface area contributed by atoms with Gasteiger partial charge in [-0.1, -0.05) is 30.3 Å². The van der Waals surface area contributed by atoms with E-state index in [0.717, 1.165) is 11.1 Å². The summed E-state index contributed by atoms with van der Waals surface area (Å²) in [5.41, 5.74) is 2.58. The molecule has 0 fully saturated rings. The van der Waals surface area contributed by atoms with Crippen molar-refractivity contribution in [1.29, 1.82) is 0 Å². The Bertz CT molecular complexity index is 1240. The predicted molar refractivity (Wildman–Crippen MR) is 127 cm³/mol. The highest BCUT2D eigenvalue weighted by molar-refractivity contribution is 7.12. The molecule has 0 spiro atoms. The van der Waals surface area contributed by atoms with Gasteiger partial charge in [-0.25, -0.2) is 0 Å². The monoisotopic (exact) mass is 458 g/mol. The first-order chi connectivity index (χ1) is 16.2. The molecule has 1 N–H and O–H groups in total. The van der Waals surface area contributed by atoms with Gasteiger partial charge in [0, 0.05) is 24.5 Å². The molecule has 0 bridgehead atoms. The van der Waals surface area contributed by atoms with E-state index in [1.165, 1.54) is 11.3 Å². The summed E-state index contributed by atoms with van der Waals surface area (Å²) in [5.74, 6) is 0.709. The first-order valence-corrected chi connectivity index (χ1v) is 11.2. The van der Waals surface area contributed by atoms with Gasteiger partial charge in [0.25, 0.3) is 5.91 Å². The Balaban J connectivity index is 1.43. The summed E-state index contributed by atoms with van der Waals surface area (Å²) in [6, 6.07) is 19.7. The molecule has 2 heterocycles. The van der Waals surface area contributed by atoms with Crippen molar-refractivity contribution >= 4 is 23.0 Å². The summed E-state index contributed by atoms with van der Waals surface area (Å²) in [5, 5.41) is 4.73. The van der Waals surface area contributed by atoms with Gasteiger partial charge in [-0.2, -0.15) is 0 Å². The van der Waals surface area contributed by atoms with E-state index in [1.807, 2.05) is 41.8 Å². The number of carbonyl (C=O) groups excluding carboxylic acids is 2. The maximum Gasteiger partial charge on any atom is 0.252 e. The van der Waals surface area contributed by atoms with Crippen LogP contribution in [0.2, 0.25) is 0 Å². The number of ether oxygens (including phenoxy) is 2. The zero-order valence-corrected chi connectivity index (χ0v) is 18.8. The number of nitrogens with one attached hydrogen (secondary N) is 1. The van der Waals surface area contributed by atoms with Crippen LogP contribution in [0.15, 0.2) is 84.5 Å². The lowest BCUT2D eigenvalue weighted by Gasteiger charge is -2.13. The molecule has 4 aromatic rings. The van der Waals surface area contributed by atoms with Crippen molar-refractivity contribution in [1.82, 2.24) is 10.3 Å². The molecule has 1 amide bonds. The lowest BCUT2D eigenvalue weighted by atomic mass is 10.0. The first-order valence-electron chi connectivity index (χ1n) is 10.3. The smallest absolute Gasteiger partial charge is 0.252 e. The first kappa shape index (κ1) is 22.2. The number of methoxy groups -OCH3 is 1. The van der Waals surface area contributed by atoms with E-state index in [1.54, 1.807) is 49.8 Å². The summed E-state index contributed by atoms with van der Waals surface area (Å²) < 4.78 is 11.3. The largest absolute Gasteiger partial charge is 0.493 e. The number of aromatic nitrogens is 1. The molecule has 0 radical (unpaired) electrons. The number of hydrogen-bond donors (Lipinski definition) is 1. The van der Waals surface area contributed by atoms with Crippen LogP contribution in [-0.4, -0.2) is 23.8 Å². The van der Waals surface area contributed by atoms with E-state index >= 15 is 0 Å². The van der Waals surface area contributed by atoms with Gasteiger partial charge in [-0.05, 0) is 52.9 Å². The Morgan fingerprint density at radius 3 is 2.42 bits per heavy atom. The van der Waals surface area contributed by atoms with Gasteiger partial charge in [0.15, 0.2) is 11.5 Å². The van der Waals surface area contributed by atoms with Crippen molar-refractivity contribution in [2.45, 2.75) is 13.2 Å². The molecule has 2 aromatic heterocycles. The normalized spacial score (nSPS) is 10.5. The number of amides is 1. The van der Waals surface area contributed by atoms with Crippen LogP contribution in [-0.2, 0) is 13.2 Å². The van der Waals surface area contributed by atoms with E-state index in [4.69, 9.17) is 9.47 Å². The van der Waals surface area contributed by atoms with Crippen LogP contribution in [0.5, 0.6) is 11.5 Å². The Morgan fingerprint density at radius 2 is 1.70 bits per heavy atom. The molecule has 0 aliphatic rings. The van der Waals surface area contributed by atoms with Crippen LogP contribution < -0.4 is 14.8 Å². The van der Waals surface area contributed by atoms with Crippen LogP contribution in [0, 0.1) is 0 Å². The van der Waals surface area contributed by atoms with Crippen molar-refractivity contribution in [2.75, 3.05) is 7.11 Å². The molecule has 0 saturated carbocycles. The molecule has 0 saturated heterocycles. The third kappa shape index (κ3) is 5.45. The van der Waals surface area contributed by atoms with E-state index in [2.05, 4.69) is 10.3 Å². The lowest BCUT2D eigenvalue weighted by molar-refractivity contribution is 0.0940. The summed E-state index contributed by atoms with van der Waals surface area (Å²) >= 11 is 1.35. The number of hydrogen-bond acceptors (Lipinski definition) is 6. The molecule has 7 heteroatoms. The third-order valence-electron chi connectivity index (χ3n) is 4.99. The van der Waals surface area contributed by atoms with Crippen LogP contribution in [0.25, 0.3) is 0 Å². The molecule has 0 aliphatic heterocycles. The summed E-state index contributed by atoms with van der Waals surface area (Å²) in [6.45, 7) is 0.672. The topological polar surface area (TPSA) is 77.5 Å². The van der Waals surface area contributed by atoms with Gasteiger partial charge < -0.3 is 14.8 Å². The van der Waals surface area contributed by atoms with Gasteiger partial charge in [-0.3, -0.25) is 14.6 Å². The fourth-order valence-corrected chi connectivity index (χ4v) is 3.96. The highest BCUT2D eigenvalue weighted by Gasteiger charge is 2.18. The van der Waals surface area contributed by atoms with E-state index in [-0.39, 0.29) is 18.2 Å². The van der Waals surface area contributed by atoms with Crippen molar-refractivity contribution in [3.8, 4) is 11.5 Å². The highest BCUT2D eigenvalue weighted by Crippen LogP contribution is 2.29. The number of nitrogens with zero attached hydrogens (tertiary/aromatic N) is 1. The zero-order chi connectivity index (χ0) is 23.0. The minimum Gasteiger partial charge on any atom is -0.493 e. The second-order valence-electron chi connectivity index (χ2n) is 7.16. The Hall–Kier alpha value is -3.97. The second-order valence-corrected chi connectivity index (χ2v) is 8.11. The molecule has 2 aromatic carbocycles. The van der Waals surface area contributed by atoms with Gasteiger partial charge in [0.05, 0.1) is 17.6 Å². The second kappa shape index (κ2) is 10.6. The standard InChI is InChI=1S/C26H22N2O4S/c1-31-23-15-19(8-9-22(23)32-17-18-10-12-27-13-11-18)16-28-26(30)21-6-3-2-5-20(21)25(29)24-7-4-14-33-24/h2-15H,16-17H2,1H3,(H,28,30). The molecular weight excluding hydrogens is 436 g/mol. The van der Waals surface area contributed by atoms with Gasteiger partial charge in [0.2, 0.25) is 5.78 Å². The molecule has 0 atom stereocenters. The summed E-state index contributed by atoms with van der Waals surface area (Å²) in [6.07, 6.45) is 3.43. The number of rotatable bonds is 9. The molecule has 33 heavy (non-hydrogen) atoms. The fraction of sp³-hybridized carbons (Fsp3) is 0.115. The maximum absolute atomic E-state index is 12.9. The SMILES string of the molecule is COc1cc(CNC(=O)c2ccccc2C(=O)c2cccs2)ccc1OCc1ccncc1. The predicted octanol–water partition coefficient (Wildman–Crippen LogP) is 4.89. The zero-order valence-electron chi connectivity index (χ0n) is 18.0. The van der Waals surface area contributed by atoms with Crippen LogP contribution in [0.4, 0.5) is 0 Å². The summed E-state index contributed by atoms with van der Waals surface area (Å²) in [7, 11) is 1.57. The molecule has 0 aliphatic carbocycles. The Kier molecular flexibility index (Phi) is 7.12. The van der Waals surface area contributed by atoms with Crippen LogP contribution in [0.1, 0.15) is 36.7 Å². The number of benzene rings is 2. The average molecular weight is 459 g/mol. The van der Waals surface area contributed by atoms with Crippen molar-refractivity contribution < 1.29 is 19.1 Å². The minimum atomic E-state index is -0.313. The Morgan fingerprint density at radius 1 is 0.909 bits per heavy atom. The maximum atomic E-state index is 12.9. The average Bonchev–Trinajstić information content (AvgIpc) is 3.41. The van der Waals surface area contributed by atoms with Gasteiger partial charge in [-0.15, -0.1) is 11.3 Å². The number of ketones is 1. The molecule has 4 rings (SSSR count). The number of pyridine rings is 1. The summed E-state index contributed by atoms with van der Waals surface area (Å²) in [4.78, 5) is 30.3.